The maximum atomic E-state index is 12.9. The maximum absolute atomic E-state index is 12.9. The lowest BCUT2D eigenvalue weighted by Gasteiger charge is -2.13. The summed E-state index contributed by atoms with van der Waals surface area (Å²) in [5.41, 5.74) is 6.52. The molecule has 1 heterocycles. The topological polar surface area (TPSA) is 52.3 Å². The molecule has 1 unspecified atom stereocenters. The molecule has 3 nitrogen and oxygen atoms in total. The second-order valence-electron chi connectivity index (χ2n) is 5.54. The molecule has 0 saturated heterocycles. The Morgan fingerprint density at radius 1 is 1.08 bits per heavy atom. The minimum atomic E-state index is -4.50. The normalized spacial score (nSPS) is 18.0. The molecule has 3 rings (SSSR count). The number of ether oxygens (including phenoxy) is 1. The molecule has 0 saturated carbocycles. The summed E-state index contributed by atoms with van der Waals surface area (Å²) in [5, 5.41) is 0. The first-order valence-electron chi connectivity index (χ1n) is 7.23. The Kier molecular flexibility index (Phi) is 3.83. The zero-order valence-electron chi connectivity index (χ0n) is 12.7. The van der Waals surface area contributed by atoms with Crippen LogP contribution >= 0.6 is 0 Å². The Balaban J connectivity index is 2.00. The molecule has 0 bridgehead atoms. The molecule has 0 fully saturated rings. The number of benzene rings is 2. The molecule has 0 amide bonds. The van der Waals surface area contributed by atoms with Crippen LogP contribution in [0.3, 0.4) is 0 Å². The Morgan fingerprint density at radius 2 is 1.79 bits per heavy atom. The van der Waals surface area contributed by atoms with Crippen LogP contribution < -0.4 is 5.73 Å². The van der Waals surface area contributed by atoms with E-state index in [2.05, 4.69) is 0 Å². The van der Waals surface area contributed by atoms with Gasteiger partial charge in [0.25, 0.3) is 0 Å². The van der Waals surface area contributed by atoms with Gasteiger partial charge in [-0.1, -0.05) is 36.4 Å². The van der Waals surface area contributed by atoms with Gasteiger partial charge in [-0.15, -0.1) is 0 Å². The second kappa shape index (κ2) is 5.70. The molecular formula is C18H14F3NO2. The zero-order valence-corrected chi connectivity index (χ0v) is 12.7. The number of hydrogen-bond donors (Lipinski definition) is 1. The highest BCUT2D eigenvalue weighted by Gasteiger charge is 2.38. The van der Waals surface area contributed by atoms with Gasteiger partial charge in [0.05, 0.1) is 11.1 Å². The number of hydrogen-bond acceptors (Lipinski definition) is 3. The van der Waals surface area contributed by atoms with Gasteiger partial charge in [-0.2, -0.15) is 13.2 Å². The smallest absolute Gasteiger partial charge is 0.416 e. The minimum absolute atomic E-state index is 0.0191. The largest absolute Gasteiger partial charge is 0.462 e. The number of halogens is 3. The third kappa shape index (κ3) is 2.75. The molecule has 2 N–H and O–H groups in total. The first kappa shape index (κ1) is 16.1. The molecule has 1 atom stereocenters. The minimum Gasteiger partial charge on any atom is -0.462 e. The molecule has 0 radical (unpaired) electrons. The lowest BCUT2D eigenvalue weighted by Crippen LogP contribution is -2.11. The SMILES string of the molecule is Cc1ccccc1C1OC(N)=C(c2cccc(C(F)(F)F)c2)C1=O. The van der Waals surface area contributed by atoms with Gasteiger partial charge in [-0.3, -0.25) is 4.79 Å². The summed E-state index contributed by atoms with van der Waals surface area (Å²) in [4.78, 5) is 12.7. The lowest BCUT2D eigenvalue weighted by molar-refractivity contribution is -0.137. The number of carbonyl (C=O) groups excluding carboxylic acids is 1. The van der Waals surface area contributed by atoms with Crippen molar-refractivity contribution >= 4 is 11.4 Å². The van der Waals surface area contributed by atoms with Crippen molar-refractivity contribution in [2.45, 2.75) is 19.2 Å². The third-order valence-corrected chi connectivity index (χ3v) is 3.93. The number of carbonyl (C=O) groups is 1. The van der Waals surface area contributed by atoms with Gasteiger partial charge in [-0.05, 0) is 30.2 Å². The van der Waals surface area contributed by atoms with Crippen molar-refractivity contribution < 1.29 is 22.7 Å². The van der Waals surface area contributed by atoms with Gasteiger partial charge in [0, 0.05) is 5.56 Å². The molecule has 24 heavy (non-hydrogen) atoms. The molecule has 1 aliphatic rings. The fraction of sp³-hybridized carbons (Fsp3) is 0.167. The summed E-state index contributed by atoms with van der Waals surface area (Å²) in [6, 6.07) is 11.7. The van der Waals surface area contributed by atoms with E-state index in [-0.39, 0.29) is 17.0 Å². The molecule has 2 aromatic carbocycles. The highest BCUT2D eigenvalue weighted by molar-refractivity contribution is 6.25. The number of alkyl halides is 3. The van der Waals surface area contributed by atoms with Gasteiger partial charge in [0.1, 0.15) is 0 Å². The first-order valence-corrected chi connectivity index (χ1v) is 7.23. The van der Waals surface area contributed by atoms with Crippen molar-refractivity contribution in [2.24, 2.45) is 5.73 Å². The molecule has 0 aromatic heterocycles. The number of ketones is 1. The van der Waals surface area contributed by atoms with E-state index in [9.17, 15) is 18.0 Å². The fourth-order valence-electron chi connectivity index (χ4n) is 2.71. The van der Waals surface area contributed by atoms with Crippen LogP contribution in [0.5, 0.6) is 0 Å². The van der Waals surface area contributed by atoms with Crippen molar-refractivity contribution in [1.29, 1.82) is 0 Å². The monoisotopic (exact) mass is 333 g/mol. The van der Waals surface area contributed by atoms with E-state index < -0.39 is 23.6 Å². The van der Waals surface area contributed by atoms with Crippen LogP contribution in [0.4, 0.5) is 13.2 Å². The number of nitrogens with two attached hydrogens (primary N) is 1. The van der Waals surface area contributed by atoms with Crippen LogP contribution in [0.1, 0.15) is 28.4 Å². The van der Waals surface area contributed by atoms with E-state index in [1.54, 1.807) is 12.1 Å². The Hall–Kier alpha value is -2.76. The van der Waals surface area contributed by atoms with Crippen LogP contribution in [0, 0.1) is 6.92 Å². The highest BCUT2D eigenvalue weighted by atomic mass is 19.4. The standard InChI is InChI=1S/C18H14F3NO2/c1-10-5-2-3-8-13(10)16-15(23)14(17(22)24-16)11-6-4-7-12(9-11)18(19,20)21/h2-9,16H,22H2,1H3. The summed E-state index contributed by atoms with van der Waals surface area (Å²) in [6.07, 6.45) is -5.43. The van der Waals surface area contributed by atoms with Crippen LogP contribution in [0.25, 0.3) is 5.57 Å². The van der Waals surface area contributed by atoms with E-state index in [0.717, 1.165) is 17.7 Å². The average Bonchev–Trinajstić information content (AvgIpc) is 2.82. The average molecular weight is 333 g/mol. The summed E-state index contributed by atoms with van der Waals surface area (Å²) >= 11 is 0. The number of Topliss-reactive ketones (excluding diaryl/α,β-unsaturated/α-hetero) is 1. The van der Waals surface area contributed by atoms with Crippen LogP contribution in [-0.4, -0.2) is 5.78 Å². The van der Waals surface area contributed by atoms with Crippen LogP contribution in [0.2, 0.25) is 0 Å². The van der Waals surface area contributed by atoms with Crippen LogP contribution in [0.15, 0.2) is 54.4 Å². The fourth-order valence-corrected chi connectivity index (χ4v) is 2.71. The van der Waals surface area contributed by atoms with Crippen LogP contribution in [-0.2, 0) is 15.7 Å². The zero-order chi connectivity index (χ0) is 17.5. The molecule has 1 aliphatic heterocycles. The van der Waals surface area contributed by atoms with E-state index >= 15 is 0 Å². The van der Waals surface area contributed by atoms with Crippen molar-refractivity contribution in [1.82, 2.24) is 0 Å². The summed E-state index contributed by atoms with van der Waals surface area (Å²) in [7, 11) is 0. The molecule has 0 spiro atoms. The molecular weight excluding hydrogens is 319 g/mol. The lowest BCUT2D eigenvalue weighted by atomic mass is 9.94. The summed E-state index contributed by atoms with van der Waals surface area (Å²) in [5.74, 6) is -0.603. The molecule has 6 heteroatoms. The highest BCUT2D eigenvalue weighted by Crippen LogP contribution is 2.38. The van der Waals surface area contributed by atoms with Crippen molar-refractivity contribution in [3.63, 3.8) is 0 Å². The van der Waals surface area contributed by atoms with E-state index in [1.165, 1.54) is 12.1 Å². The predicted molar refractivity (Wildman–Crippen MR) is 82.6 cm³/mol. The Labute approximate surface area is 136 Å². The Bertz CT molecular complexity index is 840. The second-order valence-corrected chi connectivity index (χ2v) is 5.54. The van der Waals surface area contributed by atoms with E-state index in [4.69, 9.17) is 10.5 Å². The third-order valence-electron chi connectivity index (χ3n) is 3.93. The first-order chi connectivity index (χ1) is 11.3. The van der Waals surface area contributed by atoms with Crippen molar-refractivity contribution in [2.75, 3.05) is 0 Å². The molecule has 124 valence electrons. The van der Waals surface area contributed by atoms with Crippen molar-refractivity contribution in [3.8, 4) is 0 Å². The Morgan fingerprint density at radius 3 is 2.46 bits per heavy atom. The van der Waals surface area contributed by atoms with Gasteiger partial charge in [0.15, 0.2) is 12.0 Å². The number of rotatable bonds is 2. The van der Waals surface area contributed by atoms with Crippen molar-refractivity contribution in [3.05, 3.63) is 76.7 Å². The quantitative estimate of drug-likeness (QED) is 0.904. The van der Waals surface area contributed by atoms with Gasteiger partial charge >= 0.3 is 6.18 Å². The van der Waals surface area contributed by atoms with Gasteiger partial charge in [0.2, 0.25) is 5.78 Å². The molecule has 0 aliphatic carbocycles. The summed E-state index contributed by atoms with van der Waals surface area (Å²) in [6.45, 7) is 1.82. The predicted octanol–water partition coefficient (Wildman–Crippen LogP) is 3.98. The number of aryl methyl sites for hydroxylation is 1. The van der Waals surface area contributed by atoms with E-state index in [0.29, 0.717) is 5.56 Å². The van der Waals surface area contributed by atoms with Gasteiger partial charge < -0.3 is 10.5 Å². The van der Waals surface area contributed by atoms with Gasteiger partial charge in [-0.25, -0.2) is 0 Å². The van der Waals surface area contributed by atoms with E-state index in [1.807, 2.05) is 19.1 Å². The maximum Gasteiger partial charge on any atom is 0.416 e. The summed E-state index contributed by atoms with van der Waals surface area (Å²) < 4.78 is 44.1. The molecule has 2 aromatic rings.